The quantitative estimate of drug-likeness (QED) is 0.902. The number of nitrogens with zero attached hydrogens (tertiary/aromatic N) is 2. The lowest BCUT2D eigenvalue weighted by atomic mass is 10.0. The smallest absolute Gasteiger partial charge is 0.0687 e. The highest BCUT2D eigenvalue weighted by atomic mass is 32.1. The Hall–Kier alpha value is -1.26. The second-order valence-corrected chi connectivity index (χ2v) is 4.96. The van der Waals surface area contributed by atoms with E-state index in [1.807, 2.05) is 14.0 Å². The molecule has 1 N–H and O–H groups in total. The zero-order chi connectivity index (χ0) is 12.3. The summed E-state index contributed by atoms with van der Waals surface area (Å²) in [4.78, 5) is 1.31. The Bertz CT molecular complexity index is 479. The molecule has 0 saturated heterocycles. The SMILES string of the molecule is CCc1nnc(C)cc1C(NC)c1cccs1. The van der Waals surface area contributed by atoms with E-state index in [1.54, 1.807) is 11.3 Å². The van der Waals surface area contributed by atoms with E-state index in [0.717, 1.165) is 17.8 Å². The van der Waals surface area contributed by atoms with Gasteiger partial charge in [0.15, 0.2) is 0 Å². The van der Waals surface area contributed by atoms with Crippen molar-refractivity contribution in [2.24, 2.45) is 0 Å². The average Bonchev–Trinajstić information content (AvgIpc) is 2.84. The van der Waals surface area contributed by atoms with Crippen molar-refractivity contribution in [3.63, 3.8) is 0 Å². The summed E-state index contributed by atoms with van der Waals surface area (Å²) in [5.74, 6) is 0. The molecule has 0 aliphatic heterocycles. The summed E-state index contributed by atoms with van der Waals surface area (Å²) >= 11 is 1.76. The molecule has 2 aromatic heterocycles. The van der Waals surface area contributed by atoms with Crippen LogP contribution in [-0.4, -0.2) is 17.2 Å². The minimum atomic E-state index is 0.221. The molecular weight excluding hydrogens is 230 g/mol. The van der Waals surface area contributed by atoms with Gasteiger partial charge in [0.2, 0.25) is 0 Å². The molecule has 1 unspecified atom stereocenters. The number of hydrogen-bond donors (Lipinski definition) is 1. The summed E-state index contributed by atoms with van der Waals surface area (Å²) in [7, 11) is 1.99. The van der Waals surface area contributed by atoms with E-state index in [-0.39, 0.29) is 6.04 Å². The zero-order valence-electron chi connectivity index (χ0n) is 10.4. The van der Waals surface area contributed by atoms with Gasteiger partial charge < -0.3 is 5.32 Å². The second kappa shape index (κ2) is 5.38. The first kappa shape index (κ1) is 12.2. The van der Waals surface area contributed by atoms with E-state index in [9.17, 15) is 0 Å². The lowest BCUT2D eigenvalue weighted by molar-refractivity contribution is 0.679. The number of hydrogen-bond acceptors (Lipinski definition) is 4. The predicted octanol–water partition coefficient (Wildman–Crippen LogP) is 2.72. The van der Waals surface area contributed by atoms with Crippen LogP contribution in [-0.2, 0) is 6.42 Å². The van der Waals surface area contributed by atoms with Gasteiger partial charge in [-0.05, 0) is 43.5 Å². The van der Waals surface area contributed by atoms with Crippen molar-refractivity contribution in [2.75, 3.05) is 7.05 Å². The maximum atomic E-state index is 4.29. The molecule has 3 nitrogen and oxygen atoms in total. The van der Waals surface area contributed by atoms with E-state index in [2.05, 4.69) is 46.0 Å². The van der Waals surface area contributed by atoms with Crippen molar-refractivity contribution in [3.05, 3.63) is 45.4 Å². The number of nitrogens with one attached hydrogen (secondary N) is 1. The van der Waals surface area contributed by atoms with Crippen LogP contribution in [0.15, 0.2) is 23.6 Å². The van der Waals surface area contributed by atoms with Crippen LogP contribution in [0.1, 0.15) is 34.8 Å². The van der Waals surface area contributed by atoms with Gasteiger partial charge >= 0.3 is 0 Å². The third-order valence-corrected chi connectivity index (χ3v) is 3.73. The van der Waals surface area contributed by atoms with Gasteiger partial charge in [0, 0.05) is 4.88 Å². The molecule has 0 bridgehead atoms. The molecule has 0 fully saturated rings. The second-order valence-electron chi connectivity index (χ2n) is 3.98. The van der Waals surface area contributed by atoms with Crippen molar-refractivity contribution < 1.29 is 0 Å². The third kappa shape index (κ3) is 2.53. The molecular formula is C13H17N3S. The van der Waals surface area contributed by atoms with Crippen LogP contribution < -0.4 is 5.32 Å². The molecule has 4 heteroatoms. The minimum absolute atomic E-state index is 0.221. The Morgan fingerprint density at radius 3 is 2.82 bits per heavy atom. The molecule has 0 saturated carbocycles. The zero-order valence-corrected chi connectivity index (χ0v) is 11.2. The van der Waals surface area contributed by atoms with Crippen LogP contribution in [0.3, 0.4) is 0 Å². The van der Waals surface area contributed by atoms with Crippen molar-refractivity contribution in [2.45, 2.75) is 26.3 Å². The third-order valence-electron chi connectivity index (χ3n) is 2.79. The molecule has 0 aliphatic rings. The molecule has 0 amide bonds. The summed E-state index contributed by atoms with van der Waals surface area (Å²) in [6.07, 6.45) is 0.909. The number of rotatable bonds is 4. The molecule has 2 rings (SSSR count). The Balaban J connectivity index is 2.46. The Morgan fingerprint density at radius 2 is 2.24 bits per heavy atom. The molecule has 0 aliphatic carbocycles. The molecule has 1 atom stereocenters. The van der Waals surface area contributed by atoms with E-state index < -0.39 is 0 Å². The van der Waals surface area contributed by atoms with Gasteiger partial charge in [-0.1, -0.05) is 13.0 Å². The van der Waals surface area contributed by atoms with Crippen LogP contribution in [0.5, 0.6) is 0 Å². The topological polar surface area (TPSA) is 37.8 Å². The van der Waals surface area contributed by atoms with Crippen LogP contribution in [0.25, 0.3) is 0 Å². The van der Waals surface area contributed by atoms with E-state index in [0.29, 0.717) is 0 Å². The summed E-state index contributed by atoms with van der Waals surface area (Å²) in [5.41, 5.74) is 3.28. The fourth-order valence-electron chi connectivity index (χ4n) is 1.97. The van der Waals surface area contributed by atoms with Gasteiger partial charge in [0.25, 0.3) is 0 Å². The van der Waals surface area contributed by atoms with Crippen LogP contribution in [0.2, 0.25) is 0 Å². The fourth-order valence-corrected chi connectivity index (χ4v) is 2.82. The molecule has 17 heavy (non-hydrogen) atoms. The van der Waals surface area contributed by atoms with Crippen molar-refractivity contribution in [1.29, 1.82) is 0 Å². The van der Waals surface area contributed by atoms with Gasteiger partial charge in [-0.25, -0.2) is 0 Å². The Labute approximate surface area is 106 Å². The highest BCUT2D eigenvalue weighted by Gasteiger charge is 2.17. The van der Waals surface area contributed by atoms with E-state index in [4.69, 9.17) is 0 Å². The van der Waals surface area contributed by atoms with E-state index in [1.165, 1.54) is 10.4 Å². The van der Waals surface area contributed by atoms with E-state index >= 15 is 0 Å². The first-order valence-electron chi connectivity index (χ1n) is 5.80. The Kier molecular flexibility index (Phi) is 3.86. The molecule has 0 aromatic carbocycles. The highest BCUT2D eigenvalue weighted by Crippen LogP contribution is 2.27. The number of thiophene rings is 1. The van der Waals surface area contributed by atoms with Crippen LogP contribution in [0, 0.1) is 6.92 Å². The van der Waals surface area contributed by atoms with Gasteiger partial charge in [0.05, 0.1) is 17.4 Å². The maximum Gasteiger partial charge on any atom is 0.0687 e. The summed E-state index contributed by atoms with van der Waals surface area (Å²) in [5, 5.41) is 13.9. The number of aryl methyl sites for hydroxylation is 2. The molecule has 0 spiro atoms. The van der Waals surface area contributed by atoms with Crippen molar-refractivity contribution in [3.8, 4) is 0 Å². The molecule has 2 aromatic rings. The summed E-state index contributed by atoms with van der Waals surface area (Å²) in [6.45, 7) is 4.10. The first-order valence-corrected chi connectivity index (χ1v) is 6.68. The monoisotopic (exact) mass is 247 g/mol. The summed E-state index contributed by atoms with van der Waals surface area (Å²) < 4.78 is 0. The van der Waals surface area contributed by atoms with Crippen molar-refractivity contribution >= 4 is 11.3 Å². The van der Waals surface area contributed by atoms with Crippen LogP contribution in [0.4, 0.5) is 0 Å². The fraction of sp³-hybridized carbons (Fsp3) is 0.385. The van der Waals surface area contributed by atoms with Gasteiger partial charge in [-0.3, -0.25) is 0 Å². The normalized spacial score (nSPS) is 12.6. The predicted molar refractivity (Wildman–Crippen MR) is 71.4 cm³/mol. The number of aromatic nitrogens is 2. The highest BCUT2D eigenvalue weighted by molar-refractivity contribution is 7.10. The van der Waals surface area contributed by atoms with Crippen molar-refractivity contribution in [1.82, 2.24) is 15.5 Å². The standard InChI is InChI=1S/C13H17N3S/c1-4-11-10(8-9(2)15-16-11)13(14-3)12-6-5-7-17-12/h5-8,13-14H,4H2,1-3H3. The Morgan fingerprint density at radius 1 is 1.41 bits per heavy atom. The van der Waals surface area contributed by atoms with Crippen LogP contribution >= 0.6 is 11.3 Å². The molecule has 0 radical (unpaired) electrons. The minimum Gasteiger partial charge on any atom is -0.309 e. The van der Waals surface area contributed by atoms with Gasteiger partial charge in [-0.2, -0.15) is 10.2 Å². The maximum absolute atomic E-state index is 4.29. The van der Waals surface area contributed by atoms with Gasteiger partial charge in [0.1, 0.15) is 0 Å². The van der Waals surface area contributed by atoms with Gasteiger partial charge in [-0.15, -0.1) is 11.3 Å². The largest absolute Gasteiger partial charge is 0.309 e. The average molecular weight is 247 g/mol. The lowest BCUT2D eigenvalue weighted by Crippen LogP contribution is -2.19. The molecule has 2 heterocycles. The first-order chi connectivity index (χ1) is 8.26. The molecule has 90 valence electrons. The lowest BCUT2D eigenvalue weighted by Gasteiger charge is -2.17. The summed E-state index contributed by atoms with van der Waals surface area (Å²) in [6, 6.07) is 6.59.